The summed E-state index contributed by atoms with van der Waals surface area (Å²) in [6.45, 7) is 0. The number of aryl methyl sites for hydroxylation is 2. The predicted octanol–water partition coefficient (Wildman–Crippen LogP) is 3.21. The molecule has 0 bridgehead atoms. The van der Waals surface area contributed by atoms with Crippen molar-refractivity contribution < 1.29 is 4.74 Å². The van der Waals surface area contributed by atoms with Crippen molar-refractivity contribution in [3.63, 3.8) is 0 Å². The van der Waals surface area contributed by atoms with Crippen molar-refractivity contribution in [1.82, 2.24) is 0 Å². The lowest BCUT2D eigenvalue weighted by Gasteiger charge is -2.29. The van der Waals surface area contributed by atoms with Crippen LogP contribution in [0.4, 0.5) is 0 Å². The molecule has 1 fully saturated rings. The van der Waals surface area contributed by atoms with E-state index in [1.807, 2.05) is 0 Å². The van der Waals surface area contributed by atoms with Crippen LogP contribution in [0.15, 0.2) is 18.2 Å². The number of hydrogen-bond donors (Lipinski definition) is 1. The molecule has 0 amide bonds. The van der Waals surface area contributed by atoms with Crippen molar-refractivity contribution in [3.8, 4) is 5.75 Å². The molecular weight excluding hydrogens is 222 g/mol. The molecule has 2 nitrogen and oxygen atoms in total. The van der Waals surface area contributed by atoms with Gasteiger partial charge in [0.1, 0.15) is 11.9 Å². The fourth-order valence-corrected chi connectivity index (χ4v) is 3.23. The van der Waals surface area contributed by atoms with Crippen LogP contribution in [0, 0.1) is 0 Å². The Bertz CT molecular complexity index is 416. The van der Waals surface area contributed by atoms with Crippen molar-refractivity contribution in [1.29, 1.82) is 0 Å². The van der Waals surface area contributed by atoms with E-state index in [9.17, 15) is 0 Å². The van der Waals surface area contributed by atoms with E-state index in [0.29, 0.717) is 0 Å². The molecule has 3 rings (SSSR count). The molecule has 1 saturated carbocycles. The van der Waals surface area contributed by atoms with Crippen LogP contribution in [0.1, 0.15) is 49.7 Å². The van der Waals surface area contributed by atoms with E-state index in [1.54, 1.807) is 0 Å². The summed E-state index contributed by atoms with van der Waals surface area (Å²) in [5, 5.41) is 0. The molecule has 2 N–H and O–H groups in total. The third-order valence-corrected chi connectivity index (χ3v) is 4.36. The van der Waals surface area contributed by atoms with E-state index in [0.717, 1.165) is 18.6 Å². The van der Waals surface area contributed by atoms with Gasteiger partial charge in [-0.2, -0.15) is 0 Å². The van der Waals surface area contributed by atoms with E-state index >= 15 is 0 Å². The van der Waals surface area contributed by atoms with E-state index in [1.165, 1.54) is 49.7 Å². The van der Waals surface area contributed by atoms with Crippen LogP contribution < -0.4 is 10.5 Å². The molecule has 2 aliphatic rings. The summed E-state index contributed by atoms with van der Waals surface area (Å²) in [4.78, 5) is 0. The summed E-state index contributed by atoms with van der Waals surface area (Å²) < 4.78 is 6.11. The fraction of sp³-hybridized carbons (Fsp3) is 0.625. The molecule has 0 spiro atoms. The van der Waals surface area contributed by atoms with Crippen molar-refractivity contribution in [2.24, 2.45) is 5.73 Å². The highest BCUT2D eigenvalue weighted by molar-refractivity contribution is 5.37. The van der Waals surface area contributed by atoms with Gasteiger partial charge in [0.15, 0.2) is 0 Å². The Kier molecular flexibility index (Phi) is 3.55. The van der Waals surface area contributed by atoms with Gasteiger partial charge in [-0.05, 0) is 68.2 Å². The minimum Gasteiger partial charge on any atom is -0.489 e. The molecule has 0 aliphatic heterocycles. The quantitative estimate of drug-likeness (QED) is 0.868. The average Bonchev–Trinajstić information content (AvgIpc) is 2.41. The van der Waals surface area contributed by atoms with Gasteiger partial charge in [-0.25, -0.2) is 0 Å². The van der Waals surface area contributed by atoms with Crippen LogP contribution in [0.3, 0.4) is 0 Å². The second kappa shape index (κ2) is 5.31. The largest absolute Gasteiger partial charge is 0.489 e. The van der Waals surface area contributed by atoms with Crippen LogP contribution in [-0.4, -0.2) is 12.1 Å². The zero-order chi connectivity index (χ0) is 12.4. The second-order valence-corrected chi connectivity index (χ2v) is 5.74. The first-order chi connectivity index (χ1) is 8.83. The van der Waals surface area contributed by atoms with Crippen molar-refractivity contribution in [2.45, 2.75) is 63.5 Å². The van der Waals surface area contributed by atoms with Gasteiger partial charge in [0.05, 0.1) is 0 Å². The Balaban J connectivity index is 1.72. The Morgan fingerprint density at radius 3 is 2.56 bits per heavy atom. The first-order valence-electron chi connectivity index (χ1n) is 7.37. The van der Waals surface area contributed by atoms with E-state index in [2.05, 4.69) is 18.2 Å². The van der Waals surface area contributed by atoms with E-state index in [4.69, 9.17) is 10.5 Å². The minimum absolute atomic E-state index is 0.217. The van der Waals surface area contributed by atoms with Crippen molar-refractivity contribution >= 4 is 0 Å². The van der Waals surface area contributed by atoms with Crippen LogP contribution in [0.5, 0.6) is 5.75 Å². The second-order valence-electron chi connectivity index (χ2n) is 5.74. The summed E-state index contributed by atoms with van der Waals surface area (Å²) in [5.74, 6) is 1.03. The lowest BCUT2D eigenvalue weighted by Crippen LogP contribution is -2.41. The molecule has 2 heteroatoms. The molecule has 0 heterocycles. The molecule has 98 valence electrons. The summed E-state index contributed by atoms with van der Waals surface area (Å²) in [5.41, 5.74) is 9.14. The average molecular weight is 245 g/mol. The Labute approximate surface area is 110 Å². The molecular formula is C16H23NO. The third kappa shape index (κ3) is 2.54. The number of hydrogen-bond acceptors (Lipinski definition) is 2. The van der Waals surface area contributed by atoms with Gasteiger partial charge >= 0.3 is 0 Å². The van der Waals surface area contributed by atoms with E-state index in [-0.39, 0.29) is 12.1 Å². The van der Waals surface area contributed by atoms with Crippen LogP contribution in [0.25, 0.3) is 0 Å². The van der Waals surface area contributed by atoms with Crippen molar-refractivity contribution in [2.75, 3.05) is 0 Å². The third-order valence-electron chi connectivity index (χ3n) is 4.36. The number of benzene rings is 1. The number of nitrogens with two attached hydrogens (primary N) is 1. The van der Waals surface area contributed by atoms with Crippen LogP contribution in [-0.2, 0) is 12.8 Å². The van der Waals surface area contributed by atoms with Gasteiger partial charge in [0, 0.05) is 6.04 Å². The maximum Gasteiger partial charge on any atom is 0.120 e. The minimum atomic E-state index is 0.217. The molecule has 2 aliphatic carbocycles. The molecule has 0 saturated heterocycles. The zero-order valence-electron chi connectivity index (χ0n) is 11.0. The lowest BCUT2D eigenvalue weighted by atomic mass is 9.91. The lowest BCUT2D eigenvalue weighted by molar-refractivity contribution is 0.132. The smallest absolute Gasteiger partial charge is 0.120 e. The highest BCUT2D eigenvalue weighted by Gasteiger charge is 2.23. The van der Waals surface area contributed by atoms with E-state index < -0.39 is 0 Å². The predicted molar refractivity (Wildman–Crippen MR) is 73.9 cm³/mol. The first-order valence-corrected chi connectivity index (χ1v) is 7.37. The number of fused-ring (bicyclic) bond motifs is 1. The van der Waals surface area contributed by atoms with Crippen LogP contribution in [0.2, 0.25) is 0 Å². The summed E-state index contributed by atoms with van der Waals surface area (Å²) in [6, 6.07) is 6.84. The highest BCUT2D eigenvalue weighted by atomic mass is 16.5. The first kappa shape index (κ1) is 12.0. The fourth-order valence-electron chi connectivity index (χ4n) is 3.23. The van der Waals surface area contributed by atoms with Gasteiger partial charge in [-0.1, -0.05) is 12.5 Å². The molecule has 1 aromatic rings. The Morgan fingerprint density at radius 2 is 1.72 bits per heavy atom. The summed E-state index contributed by atoms with van der Waals surface area (Å²) in [7, 11) is 0. The molecule has 0 radical (unpaired) electrons. The molecule has 0 aromatic heterocycles. The Morgan fingerprint density at radius 1 is 0.944 bits per heavy atom. The number of rotatable bonds is 2. The van der Waals surface area contributed by atoms with Crippen LogP contribution >= 0.6 is 0 Å². The zero-order valence-corrected chi connectivity index (χ0v) is 11.0. The SMILES string of the molecule is NC1CCCCC1Oc1ccc2c(c1)CCCC2. The Hall–Kier alpha value is -1.02. The maximum atomic E-state index is 6.14. The molecule has 1 aromatic carbocycles. The normalized spacial score (nSPS) is 27.6. The summed E-state index contributed by atoms with van der Waals surface area (Å²) >= 11 is 0. The van der Waals surface area contributed by atoms with Gasteiger partial charge in [-0.3, -0.25) is 0 Å². The monoisotopic (exact) mass is 245 g/mol. The molecule has 2 atom stereocenters. The maximum absolute atomic E-state index is 6.14. The van der Waals surface area contributed by atoms with Gasteiger partial charge < -0.3 is 10.5 Å². The topological polar surface area (TPSA) is 35.2 Å². The standard InChI is InChI=1S/C16H23NO/c17-15-7-3-4-8-16(15)18-14-10-9-12-5-1-2-6-13(12)11-14/h9-11,15-16H,1-8,17H2. The summed E-state index contributed by atoms with van der Waals surface area (Å²) in [6.07, 6.45) is 10.0. The molecule has 2 unspecified atom stereocenters. The molecule has 18 heavy (non-hydrogen) atoms. The van der Waals surface area contributed by atoms with Gasteiger partial charge in [-0.15, -0.1) is 0 Å². The highest BCUT2D eigenvalue weighted by Crippen LogP contribution is 2.28. The number of ether oxygens (including phenoxy) is 1. The van der Waals surface area contributed by atoms with Gasteiger partial charge in [0.25, 0.3) is 0 Å². The van der Waals surface area contributed by atoms with Crippen molar-refractivity contribution in [3.05, 3.63) is 29.3 Å². The van der Waals surface area contributed by atoms with Gasteiger partial charge in [0.2, 0.25) is 0 Å².